The van der Waals surface area contributed by atoms with Crippen molar-refractivity contribution in [3.05, 3.63) is 29.0 Å². The second-order valence-electron chi connectivity index (χ2n) is 5.61. The molecule has 1 saturated heterocycles. The van der Waals surface area contributed by atoms with Gasteiger partial charge in [-0.3, -0.25) is 9.69 Å². The maximum absolute atomic E-state index is 12.6. The van der Waals surface area contributed by atoms with Gasteiger partial charge in [0.15, 0.2) is 0 Å². The molecule has 0 spiro atoms. The number of hydrogen-bond acceptors (Lipinski definition) is 5. The Bertz CT molecular complexity index is 732. The first kappa shape index (κ1) is 15.7. The van der Waals surface area contributed by atoms with Gasteiger partial charge >= 0.3 is 6.03 Å². The van der Waals surface area contributed by atoms with E-state index in [-0.39, 0.29) is 18.5 Å². The van der Waals surface area contributed by atoms with Crippen LogP contribution in [0.4, 0.5) is 4.79 Å². The van der Waals surface area contributed by atoms with Gasteiger partial charge in [-0.05, 0) is 31.2 Å². The van der Waals surface area contributed by atoms with Crippen molar-refractivity contribution < 1.29 is 14.0 Å². The Kier molecular flexibility index (Phi) is 3.97. The van der Waals surface area contributed by atoms with Crippen LogP contribution in [0.1, 0.15) is 38.1 Å². The van der Waals surface area contributed by atoms with Crippen molar-refractivity contribution in [2.45, 2.75) is 45.7 Å². The Morgan fingerprint density at radius 1 is 1.35 bits per heavy atom. The van der Waals surface area contributed by atoms with Gasteiger partial charge in [-0.1, -0.05) is 19.9 Å². The molecule has 1 aliphatic rings. The summed E-state index contributed by atoms with van der Waals surface area (Å²) >= 11 is 1.53. The number of thiophene rings is 1. The number of carbonyl (C=O) groups excluding carboxylic acids is 2. The SMILES string of the molecule is CCC1(CC)NC(=O)N(Cc2nc(-c3cccs3)oc2C)C1=O. The molecule has 0 saturated carbocycles. The van der Waals surface area contributed by atoms with Crippen LogP contribution in [0.3, 0.4) is 0 Å². The predicted molar refractivity (Wildman–Crippen MR) is 86.9 cm³/mol. The molecule has 2 aromatic rings. The summed E-state index contributed by atoms with van der Waals surface area (Å²) in [6, 6.07) is 3.49. The molecule has 1 aliphatic heterocycles. The first-order valence-electron chi connectivity index (χ1n) is 7.65. The number of carbonyl (C=O) groups is 2. The number of imide groups is 1. The van der Waals surface area contributed by atoms with E-state index in [1.54, 1.807) is 6.92 Å². The van der Waals surface area contributed by atoms with Gasteiger partial charge in [0.2, 0.25) is 5.89 Å². The maximum atomic E-state index is 12.6. The second kappa shape index (κ2) is 5.81. The molecule has 3 heterocycles. The largest absolute Gasteiger partial charge is 0.440 e. The summed E-state index contributed by atoms with van der Waals surface area (Å²) in [6.45, 7) is 5.74. The van der Waals surface area contributed by atoms with Gasteiger partial charge < -0.3 is 9.73 Å². The number of urea groups is 1. The number of amides is 3. The first-order chi connectivity index (χ1) is 11.0. The lowest BCUT2D eigenvalue weighted by molar-refractivity contribution is -0.132. The van der Waals surface area contributed by atoms with Crippen LogP contribution in [0.5, 0.6) is 0 Å². The van der Waals surface area contributed by atoms with Crippen LogP contribution in [0, 0.1) is 6.92 Å². The number of oxazole rings is 1. The van der Waals surface area contributed by atoms with Gasteiger partial charge in [0, 0.05) is 0 Å². The van der Waals surface area contributed by atoms with Crippen molar-refractivity contribution in [3.63, 3.8) is 0 Å². The Hall–Kier alpha value is -2.15. The van der Waals surface area contributed by atoms with E-state index in [4.69, 9.17) is 4.42 Å². The summed E-state index contributed by atoms with van der Waals surface area (Å²) < 4.78 is 5.67. The molecule has 122 valence electrons. The Morgan fingerprint density at radius 3 is 2.65 bits per heavy atom. The lowest BCUT2D eigenvalue weighted by atomic mass is 9.93. The molecule has 1 fully saturated rings. The number of nitrogens with zero attached hydrogens (tertiary/aromatic N) is 2. The molecule has 0 radical (unpaired) electrons. The van der Waals surface area contributed by atoms with Crippen LogP contribution in [-0.4, -0.2) is 27.4 Å². The summed E-state index contributed by atoms with van der Waals surface area (Å²) in [4.78, 5) is 31.5. The molecule has 2 aromatic heterocycles. The molecule has 7 heteroatoms. The monoisotopic (exact) mass is 333 g/mol. The zero-order valence-corrected chi connectivity index (χ0v) is 14.2. The van der Waals surface area contributed by atoms with Crippen LogP contribution >= 0.6 is 11.3 Å². The van der Waals surface area contributed by atoms with Crippen LogP contribution in [0.2, 0.25) is 0 Å². The highest BCUT2D eigenvalue weighted by Gasteiger charge is 2.48. The van der Waals surface area contributed by atoms with Crippen LogP contribution in [0.25, 0.3) is 10.8 Å². The molecule has 23 heavy (non-hydrogen) atoms. The van der Waals surface area contributed by atoms with Gasteiger partial charge in [0.05, 0.1) is 11.4 Å². The van der Waals surface area contributed by atoms with E-state index < -0.39 is 5.54 Å². The lowest BCUT2D eigenvalue weighted by Crippen LogP contribution is -2.45. The fourth-order valence-electron chi connectivity index (χ4n) is 2.78. The van der Waals surface area contributed by atoms with Crippen molar-refractivity contribution in [2.75, 3.05) is 0 Å². The quantitative estimate of drug-likeness (QED) is 0.852. The third kappa shape index (κ3) is 2.55. The average Bonchev–Trinajstić information content (AvgIpc) is 3.23. The van der Waals surface area contributed by atoms with E-state index in [0.29, 0.717) is 30.2 Å². The van der Waals surface area contributed by atoms with Crippen molar-refractivity contribution in [1.82, 2.24) is 15.2 Å². The molecule has 0 atom stereocenters. The number of aromatic nitrogens is 1. The Balaban J connectivity index is 1.85. The molecule has 0 bridgehead atoms. The highest BCUT2D eigenvalue weighted by atomic mass is 32.1. The zero-order valence-electron chi connectivity index (χ0n) is 13.4. The molecule has 0 unspecified atom stereocenters. The molecule has 3 rings (SSSR count). The van der Waals surface area contributed by atoms with E-state index in [1.807, 2.05) is 31.4 Å². The third-order valence-corrected chi connectivity index (χ3v) is 5.24. The number of nitrogens with one attached hydrogen (secondary N) is 1. The van der Waals surface area contributed by atoms with Crippen LogP contribution in [-0.2, 0) is 11.3 Å². The van der Waals surface area contributed by atoms with Crippen LogP contribution in [0.15, 0.2) is 21.9 Å². The highest BCUT2D eigenvalue weighted by Crippen LogP contribution is 2.29. The second-order valence-corrected chi connectivity index (χ2v) is 6.56. The molecule has 6 nitrogen and oxygen atoms in total. The standard InChI is InChI=1S/C16H19N3O3S/c1-4-16(5-2)14(20)19(15(21)18-16)9-11-10(3)22-13(17-11)12-7-6-8-23-12/h6-8H,4-5,9H2,1-3H3,(H,18,21). The molecular formula is C16H19N3O3S. The molecule has 3 amide bonds. The van der Waals surface area contributed by atoms with Gasteiger partial charge in [-0.2, -0.15) is 0 Å². The highest BCUT2D eigenvalue weighted by molar-refractivity contribution is 7.13. The predicted octanol–water partition coefficient (Wildman–Crippen LogP) is 3.32. The van der Waals surface area contributed by atoms with E-state index >= 15 is 0 Å². The van der Waals surface area contributed by atoms with Crippen molar-refractivity contribution in [1.29, 1.82) is 0 Å². The lowest BCUT2D eigenvalue weighted by Gasteiger charge is -2.22. The van der Waals surface area contributed by atoms with Gasteiger partial charge in [-0.15, -0.1) is 11.3 Å². The summed E-state index contributed by atoms with van der Waals surface area (Å²) in [6.07, 6.45) is 1.14. The molecule has 0 aliphatic carbocycles. The van der Waals surface area contributed by atoms with Crippen molar-refractivity contribution in [2.24, 2.45) is 0 Å². The van der Waals surface area contributed by atoms with Crippen LogP contribution < -0.4 is 5.32 Å². The zero-order chi connectivity index (χ0) is 16.6. The Morgan fingerprint density at radius 2 is 2.09 bits per heavy atom. The average molecular weight is 333 g/mol. The first-order valence-corrected chi connectivity index (χ1v) is 8.53. The van der Waals surface area contributed by atoms with Gasteiger partial charge in [0.1, 0.15) is 17.0 Å². The van der Waals surface area contributed by atoms with E-state index in [2.05, 4.69) is 10.3 Å². The van der Waals surface area contributed by atoms with E-state index in [0.717, 1.165) is 4.88 Å². The fourth-order valence-corrected chi connectivity index (χ4v) is 3.43. The summed E-state index contributed by atoms with van der Waals surface area (Å²) in [7, 11) is 0. The number of aryl methyl sites for hydroxylation is 1. The summed E-state index contributed by atoms with van der Waals surface area (Å²) in [5, 5.41) is 4.77. The minimum Gasteiger partial charge on any atom is -0.440 e. The van der Waals surface area contributed by atoms with Gasteiger partial charge in [-0.25, -0.2) is 9.78 Å². The molecule has 1 N–H and O–H groups in total. The topological polar surface area (TPSA) is 75.4 Å². The smallest absolute Gasteiger partial charge is 0.325 e. The number of hydrogen-bond donors (Lipinski definition) is 1. The van der Waals surface area contributed by atoms with Gasteiger partial charge in [0.25, 0.3) is 5.91 Å². The number of rotatable bonds is 5. The van der Waals surface area contributed by atoms with E-state index in [1.165, 1.54) is 16.2 Å². The maximum Gasteiger partial charge on any atom is 0.325 e. The van der Waals surface area contributed by atoms with Crippen molar-refractivity contribution in [3.8, 4) is 10.8 Å². The fraction of sp³-hybridized carbons (Fsp3) is 0.438. The van der Waals surface area contributed by atoms with E-state index in [9.17, 15) is 9.59 Å². The summed E-state index contributed by atoms with van der Waals surface area (Å²) in [5.74, 6) is 0.962. The Labute approximate surface area is 138 Å². The molecule has 0 aromatic carbocycles. The van der Waals surface area contributed by atoms with Crippen molar-refractivity contribution >= 4 is 23.3 Å². The minimum absolute atomic E-state index is 0.132. The molecular weight excluding hydrogens is 314 g/mol. The normalized spacial score (nSPS) is 16.9. The minimum atomic E-state index is -0.786. The summed E-state index contributed by atoms with van der Waals surface area (Å²) in [5.41, 5.74) is -0.175. The third-order valence-electron chi connectivity index (χ3n) is 4.39.